The fourth-order valence-electron chi connectivity index (χ4n) is 0.166. The largest absolute Gasteiger partial charge is 0.237 e. The predicted octanol–water partition coefficient (Wildman–Crippen LogP) is 0.626. The van der Waals surface area contributed by atoms with Gasteiger partial charge in [-0.15, -0.1) is 0 Å². The summed E-state index contributed by atoms with van der Waals surface area (Å²) < 4.78 is 0. The second kappa shape index (κ2) is 3.12. The summed E-state index contributed by atoms with van der Waals surface area (Å²) in [6.07, 6.45) is -0.400. The number of hydrogen-bond donors (Lipinski definition) is 0. The van der Waals surface area contributed by atoms with Gasteiger partial charge >= 0.3 is 0 Å². The first-order valence-electron chi connectivity index (χ1n) is 2.01. The van der Waals surface area contributed by atoms with Crippen LogP contribution in [0.1, 0.15) is 13.3 Å². The molecule has 2 radical (unpaired) electrons. The van der Waals surface area contributed by atoms with Gasteiger partial charge in [0.1, 0.15) is 0 Å². The van der Waals surface area contributed by atoms with Crippen LogP contribution in [0.15, 0.2) is 0 Å². The van der Waals surface area contributed by atoms with Crippen LogP contribution in [0.25, 0.3) is 0 Å². The van der Waals surface area contributed by atoms with Gasteiger partial charge in [-0.05, 0) is 6.92 Å². The van der Waals surface area contributed by atoms with Gasteiger partial charge in [0.05, 0.1) is 12.7 Å². The molecule has 0 saturated heterocycles. The molecule has 1 atom stereocenters. The smallest absolute Gasteiger partial charge is 0.0925 e. The zero-order chi connectivity index (χ0) is 4.99. The molecule has 6 heavy (non-hydrogen) atoms. The van der Waals surface area contributed by atoms with E-state index in [9.17, 15) is 10.2 Å². The Hall–Kier alpha value is -0.0800. The quantitative estimate of drug-likeness (QED) is 0.475. The van der Waals surface area contributed by atoms with Gasteiger partial charge < -0.3 is 0 Å². The van der Waals surface area contributed by atoms with Crippen molar-refractivity contribution in [1.82, 2.24) is 0 Å². The summed E-state index contributed by atoms with van der Waals surface area (Å²) in [6.45, 7) is 1.27. The highest BCUT2D eigenvalue weighted by molar-refractivity contribution is 4.39. The highest BCUT2D eigenvalue weighted by atomic mass is 16.3. The zero-order valence-electron chi connectivity index (χ0n) is 3.81. The van der Waals surface area contributed by atoms with E-state index >= 15 is 0 Å². The lowest BCUT2D eigenvalue weighted by Gasteiger charge is -1.90. The highest BCUT2D eigenvalue weighted by Gasteiger charge is 1.92. The van der Waals surface area contributed by atoms with Crippen LogP contribution in [0.4, 0.5) is 0 Å². The maximum Gasteiger partial charge on any atom is 0.0925 e. The fraction of sp³-hybridized carbons (Fsp3) is 1.00. The average Bonchev–Trinajstić information content (AvgIpc) is 1.35. The van der Waals surface area contributed by atoms with Crippen LogP contribution in [0.5, 0.6) is 0 Å². The van der Waals surface area contributed by atoms with Crippen molar-refractivity contribution in [3.05, 3.63) is 0 Å². The van der Waals surface area contributed by atoms with Crippen molar-refractivity contribution in [3.8, 4) is 0 Å². The molecule has 2 nitrogen and oxygen atoms in total. The van der Waals surface area contributed by atoms with Crippen molar-refractivity contribution in [2.75, 3.05) is 6.61 Å². The highest BCUT2D eigenvalue weighted by Crippen LogP contribution is 1.85. The van der Waals surface area contributed by atoms with Crippen molar-refractivity contribution in [2.24, 2.45) is 0 Å². The van der Waals surface area contributed by atoms with Crippen molar-refractivity contribution >= 4 is 0 Å². The van der Waals surface area contributed by atoms with Crippen LogP contribution >= 0.6 is 0 Å². The van der Waals surface area contributed by atoms with Gasteiger partial charge in [0.15, 0.2) is 0 Å². The van der Waals surface area contributed by atoms with Crippen LogP contribution < -0.4 is 0 Å². The van der Waals surface area contributed by atoms with E-state index in [-0.39, 0.29) is 13.0 Å². The lowest BCUT2D eigenvalue weighted by atomic mass is 10.3. The molecule has 0 aliphatic heterocycles. The third kappa shape index (κ3) is 3.92. The number of hydrogen-bond acceptors (Lipinski definition) is 0. The molecule has 2 heteroatoms. The maximum atomic E-state index is 9.93. The van der Waals surface area contributed by atoms with E-state index in [4.69, 9.17) is 0 Å². The van der Waals surface area contributed by atoms with Crippen molar-refractivity contribution < 1.29 is 10.2 Å². The van der Waals surface area contributed by atoms with E-state index in [1.165, 1.54) is 6.92 Å². The number of rotatable bonds is 2. The molecule has 0 aromatic heterocycles. The molecule has 0 saturated carbocycles. The minimum absolute atomic E-state index is 0.231. The third-order valence-corrected chi connectivity index (χ3v) is 0.524. The Kier molecular flexibility index (Phi) is 3.08. The molecule has 0 aromatic carbocycles. The Bertz CT molecular complexity index is 26.7. The summed E-state index contributed by atoms with van der Waals surface area (Å²) in [7, 11) is 0. The van der Waals surface area contributed by atoms with Crippen LogP contribution in [-0.2, 0) is 10.2 Å². The lowest BCUT2D eigenvalue weighted by molar-refractivity contribution is 0.0634. The Morgan fingerprint density at radius 2 is 2.17 bits per heavy atom. The summed E-state index contributed by atoms with van der Waals surface area (Å²) in [5, 5.41) is 19.5. The second-order valence-electron chi connectivity index (χ2n) is 1.30. The van der Waals surface area contributed by atoms with Gasteiger partial charge in [0.2, 0.25) is 0 Å². The molecular formula is C4H8O2. The molecule has 0 fully saturated rings. The maximum absolute atomic E-state index is 9.93. The Morgan fingerprint density at radius 3 is 2.17 bits per heavy atom. The molecule has 1 unspecified atom stereocenters. The topological polar surface area (TPSA) is 39.8 Å². The van der Waals surface area contributed by atoms with Gasteiger partial charge in [0, 0.05) is 6.42 Å². The predicted molar refractivity (Wildman–Crippen MR) is 20.3 cm³/mol. The first-order chi connectivity index (χ1) is 2.77. The molecule has 36 valence electrons. The molecule has 0 spiro atoms. The summed E-state index contributed by atoms with van der Waals surface area (Å²) in [4.78, 5) is 0. The monoisotopic (exact) mass is 88.1 g/mol. The second-order valence-corrected chi connectivity index (χ2v) is 1.30. The normalized spacial score (nSPS) is 14.5. The van der Waals surface area contributed by atoms with Crippen LogP contribution in [-0.4, -0.2) is 12.7 Å². The lowest BCUT2D eigenvalue weighted by Crippen LogP contribution is -1.98. The molecule has 0 rings (SSSR count). The third-order valence-electron chi connectivity index (χ3n) is 0.524. The van der Waals surface area contributed by atoms with Gasteiger partial charge in [-0.1, -0.05) is 0 Å². The first-order valence-corrected chi connectivity index (χ1v) is 2.01. The molecular weight excluding hydrogens is 80.0 g/mol. The summed E-state index contributed by atoms with van der Waals surface area (Å²) in [5.74, 6) is 0. The van der Waals surface area contributed by atoms with Crippen LogP contribution in [0, 0.1) is 0 Å². The average molecular weight is 88.1 g/mol. The molecule has 0 aromatic rings. The van der Waals surface area contributed by atoms with E-state index in [2.05, 4.69) is 0 Å². The fourth-order valence-corrected chi connectivity index (χ4v) is 0.166. The Labute approximate surface area is 37.4 Å². The molecule has 0 bridgehead atoms. The molecule has 0 N–H and O–H groups in total. The van der Waals surface area contributed by atoms with Crippen molar-refractivity contribution in [1.29, 1.82) is 0 Å². The Morgan fingerprint density at radius 1 is 1.67 bits per heavy atom. The van der Waals surface area contributed by atoms with E-state index in [1.807, 2.05) is 0 Å². The molecule has 0 aliphatic carbocycles. The van der Waals surface area contributed by atoms with Gasteiger partial charge in [-0.2, -0.15) is 0 Å². The van der Waals surface area contributed by atoms with E-state index in [0.29, 0.717) is 0 Å². The standard InChI is InChI=1S/C4H8O2/c1-4(6)2-3-5/h4H,2-3H2,1H3. The summed E-state index contributed by atoms with van der Waals surface area (Å²) >= 11 is 0. The van der Waals surface area contributed by atoms with E-state index in [0.717, 1.165) is 0 Å². The zero-order valence-corrected chi connectivity index (χ0v) is 3.81. The van der Waals surface area contributed by atoms with Gasteiger partial charge in [-0.3, -0.25) is 0 Å². The van der Waals surface area contributed by atoms with Crippen LogP contribution in [0.2, 0.25) is 0 Å². The van der Waals surface area contributed by atoms with E-state index < -0.39 is 6.10 Å². The Balaban J connectivity index is 2.63. The van der Waals surface area contributed by atoms with E-state index in [1.54, 1.807) is 0 Å². The molecule has 0 amide bonds. The van der Waals surface area contributed by atoms with Gasteiger partial charge in [-0.25, -0.2) is 10.2 Å². The van der Waals surface area contributed by atoms with Crippen molar-refractivity contribution in [3.63, 3.8) is 0 Å². The minimum Gasteiger partial charge on any atom is -0.237 e. The minimum atomic E-state index is -0.664. The SMILES string of the molecule is CC([O])CC[O]. The molecule has 0 heterocycles. The first kappa shape index (κ1) is 5.92. The van der Waals surface area contributed by atoms with Gasteiger partial charge in [0.25, 0.3) is 0 Å². The molecule has 0 aliphatic rings. The van der Waals surface area contributed by atoms with Crippen molar-refractivity contribution in [2.45, 2.75) is 19.4 Å². The summed E-state index contributed by atoms with van der Waals surface area (Å²) in [6, 6.07) is 0. The summed E-state index contributed by atoms with van der Waals surface area (Å²) in [5.41, 5.74) is 0. The van der Waals surface area contributed by atoms with Crippen LogP contribution in [0.3, 0.4) is 0 Å².